The molecular weight excluding hydrogens is 354 g/mol. The fourth-order valence-corrected chi connectivity index (χ4v) is 2.80. The molecule has 0 bridgehead atoms. The van der Waals surface area contributed by atoms with E-state index in [-0.39, 0.29) is 11.9 Å². The number of nitriles is 1. The van der Waals surface area contributed by atoms with E-state index in [2.05, 4.69) is 38.7 Å². The molecule has 3 aromatic rings. The first-order chi connectivity index (χ1) is 13.5. The highest BCUT2D eigenvalue weighted by molar-refractivity contribution is 5.99. The van der Waals surface area contributed by atoms with Crippen LogP contribution in [0.3, 0.4) is 0 Å². The summed E-state index contributed by atoms with van der Waals surface area (Å²) in [7, 11) is 0. The Balaban J connectivity index is 1.99. The van der Waals surface area contributed by atoms with Crippen LogP contribution < -0.4 is 10.6 Å². The highest BCUT2D eigenvalue weighted by Gasteiger charge is 2.16. The summed E-state index contributed by atoms with van der Waals surface area (Å²) >= 11 is 0. The van der Waals surface area contributed by atoms with Gasteiger partial charge in [-0.3, -0.25) is 4.79 Å². The average molecular weight is 377 g/mol. The number of fused-ring (bicyclic) bond motifs is 1. The summed E-state index contributed by atoms with van der Waals surface area (Å²) < 4.78 is 1.60. The summed E-state index contributed by atoms with van der Waals surface area (Å²) in [5, 5.41) is 20.4. The first-order valence-corrected chi connectivity index (χ1v) is 9.32. The van der Waals surface area contributed by atoms with Crippen LogP contribution in [0, 0.1) is 11.3 Å². The van der Waals surface area contributed by atoms with E-state index in [1.807, 2.05) is 13.8 Å². The Morgan fingerprint density at radius 2 is 2.07 bits per heavy atom. The van der Waals surface area contributed by atoms with Crippen LogP contribution in [0.15, 0.2) is 30.7 Å². The van der Waals surface area contributed by atoms with Crippen LogP contribution in [0.25, 0.3) is 16.9 Å². The van der Waals surface area contributed by atoms with E-state index in [0.717, 1.165) is 18.2 Å². The van der Waals surface area contributed by atoms with Gasteiger partial charge in [-0.25, -0.2) is 9.97 Å². The summed E-state index contributed by atoms with van der Waals surface area (Å²) in [6, 6.07) is 5.74. The van der Waals surface area contributed by atoms with Gasteiger partial charge in [0.1, 0.15) is 6.07 Å². The Labute approximate surface area is 163 Å². The van der Waals surface area contributed by atoms with Crippen molar-refractivity contribution in [2.24, 2.45) is 0 Å². The van der Waals surface area contributed by atoms with Crippen LogP contribution in [-0.4, -0.2) is 38.2 Å². The highest BCUT2D eigenvalue weighted by Crippen LogP contribution is 2.22. The van der Waals surface area contributed by atoms with Gasteiger partial charge in [0.2, 0.25) is 0 Å². The lowest BCUT2D eigenvalue weighted by atomic mass is 10.2. The summed E-state index contributed by atoms with van der Waals surface area (Å²) in [6.45, 7) is 6.73. The van der Waals surface area contributed by atoms with Crippen molar-refractivity contribution in [1.29, 1.82) is 5.26 Å². The maximum absolute atomic E-state index is 12.5. The Hall–Kier alpha value is -3.47. The second-order valence-electron chi connectivity index (χ2n) is 6.80. The molecule has 28 heavy (non-hydrogen) atoms. The minimum atomic E-state index is -0.155. The Kier molecular flexibility index (Phi) is 5.84. The number of aromatic nitrogens is 4. The number of hydrogen-bond donors (Lipinski definition) is 2. The van der Waals surface area contributed by atoms with Gasteiger partial charge in [0, 0.05) is 36.4 Å². The Morgan fingerprint density at radius 3 is 2.79 bits per heavy atom. The maximum atomic E-state index is 12.5. The van der Waals surface area contributed by atoms with Crippen molar-refractivity contribution in [1.82, 2.24) is 25.1 Å². The zero-order valence-corrected chi connectivity index (χ0v) is 16.2. The quantitative estimate of drug-likeness (QED) is 0.613. The van der Waals surface area contributed by atoms with Gasteiger partial charge in [-0.15, -0.1) is 0 Å². The lowest BCUT2D eigenvalue weighted by Gasteiger charge is -2.16. The molecule has 0 aliphatic carbocycles. The van der Waals surface area contributed by atoms with Crippen molar-refractivity contribution in [3.63, 3.8) is 0 Å². The van der Waals surface area contributed by atoms with Gasteiger partial charge in [0.15, 0.2) is 11.5 Å². The highest BCUT2D eigenvalue weighted by atomic mass is 16.1. The van der Waals surface area contributed by atoms with Crippen molar-refractivity contribution in [2.45, 2.75) is 39.7 Å². The topological polar surface area (TPSA) is 109 Å². The number of rotatable bonds is 7. The van der Waals surface area contributed by atoms with Crippen LogP contribution in [-0.2, 0) is 0 Å². The fourth-order valence-electron chi connectivity index (χ4n) is 2.80. The largest absolute Gasteiger partial charge is 0.382 e. The zero-order valence-electron chi connectivity index (χ0n) is 16.2. The Morgan fingerprint density at radius 1 is 1.25 bits per heavy atom. The third-order valence-electron chi connectivity index (χ3n) is 4.15. The van der Waals surface area contributed by atoms with Gasteiger partial charge < -0.3 is 10.6 Å². The first kappa shape index (κ1) is 19.3. The van der Waals surface area contributed by atoms with E-state index in [4.69, 9.17) is 5.26 Å². The van der Waals surface area contributed by atoms with E-state index < -0.39 is 0 Å². The predicted molar refractivity (Wildman–Crippen MR) is 107 cm³/mol. The van der Waals surface area contributed by atoms with Crippen molar-refractivity contribution >= 4 is 22.6 Å². The van der Waals surface area contributed by atoms with Crippen LogP contribution in [0.2, 0.25) is 0 Å². The van der Waals surface area contributed by atoms with E-state index in [0.29, 0.717) is 34.8 Å². The SMILES string of the molecule is CCCCNC(=O)c1cnc(-n2ncc3cc(C#N)cnc32)cc1NC(C)C. The standard InChI is InChI=1S/C20H23N7O/c1-4-5-6-22-20(28)16-12-23-18(8-17(16)26-13(2)3)27-19-15(11-25-27)7-14(9-21)10-24-19/h7-8,10-13H,4-6H2,1-3H3,(H,22,28)(H,23,26). The number of carbonyl (C=O) groups excluding carboxylic acids is 1. The third kappa shape index (κ3) is 4.09. The fraction of sp³-hybridized carbons (Fsp3) is 0.350. The molecule has 3 rings (SSSR count). The molecular formula is C20H23N7O. The molecule has 0 aliphatic heterocycles. The smallest absolute Gasteiger partial charge is 0.254 e. The molecule has 0 radical (unpaired) electrons. The van der Waals surface area contributed by atoms with Crippen LogP contribution in [0.5, 0.6) is 0 Å². The monoisotopic (exact) mass is 377 g/mol. The molecule has 0 fully saturated rings. The second kappa shape index (κ2) is 8.48. The van der Waals surface area contributed by atoms with E-state index in [1.165, 1.54) is 6.20 Å². The van der Waals surface area contributed by atoms with E-state index >= 15 is 0 Å². The zero-order chi connectivity index (χ0) is 20.1. The number of pyridine rings is 2. The lowest BCUT2D eigenvalue weighted by molar-refractivity contribution is 0.0953. The van der Waals surface area contributed by atoms with Crippen LogP contribution in [0.1, 0.15) is 49.5 Å². The lowest BCUT2D eigenvalue weighted by Crippen LogP contribution is -2.26. The van der Waals surface area contributed by atoms with Gasteiger partial charge in [0.25, 0.3) is 5.91 Å². The molecule has 0 aliphatic rings. The van der Waals surface area contributed by atoms with Gasteiger partial charge in [-0.2, -0.15) is 15.0 Å². The molecule has 2 N–H and O–H groups in total. The molecule has 0 spiro atoms. The number of carbonyl (C=O) groups is 1. The molecule has 0 atom stereocenters. The van der Waals surface area contributed by atoms with Crippen molar-refractivity contribution in [3.8, 4) is 11.9 Å². The molecule has 144 valence electrons. The van der Waals surface area contributed by atoms with Crippen molar-refractivity contribution in [2.75, 3.05) is 11.9 Å². The van der Waals surface area contributed by atoms with Crippen molar-refractivity contribution < 1.29 is 4.79 Å². The van der Waals surface area contributed by atoms with Gasteiger partial charge in [-0.05, 0) is 26.3 Å². The number of nitrogens with one attached hydrogen (secondary N) is 2. The molecule has 0 saturated heterocycles. The number of nitrogens with zero attached hydrogens (tertiary/aromatic N) is 5. The average Bonchev–Trinajstić information content (AvgIpc) is 3.10. The summed E-state index contributed by atoms with van der Waals surface area (Å²) in [5.41, 5.74) is 2.25. The minimum absolute atomic E-state index is 0.142. The molecule has 8 nitrogen and oxygen atoms in total. The molecule has 0 unspecified atom stereocenters. The predicted octanol–water partition coefficient (Wildman–Crippen LogP) is 3.04. The molecule has 1 amide bonds. The minimum Gasteiger partial charge on any atom is -0.382 e. The van der Waals surface area contributed by atoms with E-state index in [9.17, 15) is 4.79 Å². The number of unbranched alkanes of at least 4 members (excludes halogenated alkanes) is 1. The summed E-state index contributed by atoms with van der Waals surface area (Å²) in [6.07, 6.45) is 6.65. The van der Waals surface area contributed by atoms with E-state index in [1.54, 1.807) is 29.2 Å². The van der Waals surface area contributed by atoms with Gasteiger partial charge in [-0.1, -0.05) is 13.3 Å². The van der Waals surface area contributed by atoms with Crippen molar-refractivity contribution in [3.05, 3.63) is 41.9 Å². The van der Waals surface area contributed by atoms with Crippen LogP contribution >= 0.6 is 0 Å². The van der Waals surface area contributed by atoms with Crippen LogP contribution in [0.4, 0.5) is 5.69 Å². The summed E-state index contributed by atoms with van der Waals surface area (Å²) in [4.78, 5) is 21.3. The molecule has 3 heterocycles. The molecule has 3 aromatic heterocycles. The normalized spacial score (nSPS) is 10.8. The number of anilines is 1. The molecule has 0 saturated carbocycles. The van der Waals surface area contributed by atoms with Gasteiger partial charge in [0.05, 0.1) is 23.0 Å². The Bertz CT molecular complexity index is 1030. The molecule has 0 aromatic carbocycles. The maximum Gasteiger partial charge on any atom is 0.254 e. The number of amides is 1. The van der Waals surface area contributed by atoms with Gasteiger partial charge >= 0.3 is 0 Å². The first-order valence-electron chi connectivity index (χ1n) is 9.32. The number of hydrogen-bond acceptors (Lipinski definition) is 6. The second-order valence-corrected chi connectivity index (χ2v) is 6.80. The molecule has 8 heteroatoms. The summed E-state index contributed by atoms with van der Waals surface area (Å²) in [5.74, 6) is 0.387. The third-order valence-corrected chi connectivity index (χ3v) is 4.15.